The Bertz CT molecular complexity index is 367. The van der Waals surface area contributed by atoms with Gasteiger partial charge in [0.2, 0.25) is 0 Å². The molecule has 0 spiro atoms. The van der Waals surface area contributed by atoms with E-state index in [2.05, 4.69) is 39.0 Å². The fourth-order valence-corrected chi connectivity index (χ4v) is 1.90. The molecule has 64 valence electrons. The van der Waals surface area contributed by atoms with Crippen LogP contribution in [0.5, 0.6) is 0 Å². The van der Waals surface area contributed by atoms with Crippen LogP contribution in [0.15, 0.2) is 17.7 Å². The van der Waals surface area contributed by atoms with Gasteiger partial charge in [-0.25, -0.2) is 0 Å². The largest absolute Gasteiger partial charge is 1.00 e. The molecule has 13 heavy (non-hydrogen) atoms. The molecule has 0 radical (unpaired) electrons. The van der Waals surface area contributed by atoms with Crippen LogP contribution in [-0.2, 0) is 6.42 Å². The first kappa shape index (κ1) is 10.6. The Morgan fingerprint density at radius 3 is 2.31 bits per heavy atom. The zero-order chi connectivity index (χ0) is 8.72. The molecule has 0 atom stereocenters. The van der Waals surface area contributed by atoms with Crippen LogP contribution in [-0.4, -0.2) is 0 Å². The summed E-state index contributed by atoms with van der Waals surface area (Å²) in [5.74, 6) is 0. The molecule has 1 aliphatic rings. The van der Waals surface area contributed by atoms with E-state index in [-0.39, 0.29) is 20.3 Å². The van der Waals surface area contributed by atoms with Crippen molar-refractivity contribution in [2.24, 2.45) is 0 Å². The van der Waals surface area contributed by atoms with Crippen molar-refractivity contribution < 1.29 is 20.3 Å². The first-order chi connectivity index (χ1) is 5.68. The molecule has 0 nitrogen and oxygen atoms in total. The topological polar surface area (TPSA) is 0 Å². The maximum absolute atomic E-state index is 2.32. The molecule has 0 aromatic heterocycles. The van der Waals surface area contributed by atoms with Gasteiger partial charge in [0.15, 0.2) is 0 Å². The molecule has 1 aliphatic carbocycles. The standard InChI is InChI=1S/C12H14.Li.H/c1-8-6-11-9(2)4-5-10(3)12(11)7-8;;/h4-6H,7H2,1-3H3;;/q;+1;-1. The van der Waals surface area contributed by atoms with Crippen LogP contribution in [0.25, 0.3) is 6.08 Å². The van der Waals surface area contributed by atoms with Gasteiger partial charge in [-0.3, -0.25) is 0 Å². The molecule has 0 fully saturated rings. The quantitative estimate of drug-likeness (QED) is 0.489. The van der Waals surface area contributed by atoms with Crippen LogP contribution in [0.4, 0.5) is 0 Å². The summed E-state index contributed by atoms with van der Waals surface area (Å²) in [5, 5.41) is 0. The van der Waals surface area contributed by atoms with Crippen molar-refractivity contribution in [3.63, 3.8) is 0 Å². The van der Waals surface area contributed by atoms with Crippen molar-refractivity contribution in [2.75, 3.05) is 0 Å². The molecule has 0 amide bonds. The third kappa shape index (κ3) is 1.75. The summed E-state index contributed by atoms with van der Waals surface area (Å²) in [4.78, 5) is 0. The summed E-state index contributed by atoms with van der Waals surface area (Å²) in [5.41, 5.74) is 7.33. The monoisotopic (exact) mass is 166 g/mol. The minimum absolute atomic E-state index is 0. The second-order valence-corrected chi connectivity index (χ2v) is 3.76. The van der Waals surface area contributed by atoms with Crippen molar-refractivity contribution >= 4 is 6.08 Å². The van der Waals surface area contributed by atoms with E-state index < -0.39 is 0 Å². The van der Waals surface area contributed by atoms with E-state index >= 15 is 0 Å². The van der Waals surface area contributed by atoms with Crippen molar-refractivity contribution in [1.29, 1.82) is 0 Å². The first-order valence-electron chi connectivity index (χ1n) is 4.45. The van der Waals surface area contributed by atoms with E-state index in [9.17, 15) is 0 Å². The number of allylic oxidation sites excluding steroid dienone is 1. The fraction of sp³-hybridized carbons (Fsp3) is 0.333. The smallest absolute Gasteiger partial charge is 1.00 e. The molecule has 0 unspecified atom stereocenters. The number of hydrogen-bond donors (Lipinski definition) is 0. The van der Waals surface area contributed by atoms with Crippen LogP contribution in [0.2, 0.25) is 0 Å². The molecule has 0 saturated heterocycles. The summed E-state index contributed by atoms with van der Waals surface area (Å²) in [6.45, 7) is 6.59. The van der Waals surface area contributed by atoms with E-state index in [1.165, 1.54) is 27.8 Å². The average Bonchev–Trinajstić information content (AvgIpc) is 2.41. The molecule has 1 aromatic carbocycles. The predicted octanol–water partition coefficient (Wildman–Crippen LogP) is 0.379. The van der Waals surface area contributed by atoms with Gasteiger partial charge in [0.1, 0.15) is 0 Å². The summed E-state index contributed by atoms with van der Waals surface area (Å²) in [6, 6.07) is 4.43. The van der Waals surface area contributed by atoms with Gasteiger partial charge < -0.3 is 1.43 Å². The summed E-state index contributed by atoms with van der Waals surface area (Å²) < 4.78 is 0. The maximum Gasteiger partial charge on any atom is 1.00 e. The van der Waals surface area contributed by atoms with E-state index in [0.29, 0.717) is 0 Å². The molecule has 1 aromatic rings. The molecular formula is C12H15Li. The second-order valence-electron chi connectivity index (χ2n) is 3.76. The molecule has 0 N–H and O–H groups in total. The van der Waals surface area contributed by atoms with Crippen molar-refractivity contribution in [3.05, 3.63) is 40.0 Å². The average molecular weight is 166 g/mol. The predicted molar refractivity (Wildman–Crippen MR) is 54.4 cm³/mol. The van der Waals surface area contributed by atoms with Crippen LogP contribution >= 0.6 is 0 Å². The molecule has 0 aliphatic heterocycles. The minimum atomic E-state index is 0. The molecule has 0 bridgehead atoms. The number of hydrogen-bond acceptors (Lipinski definition) is 0. The first-order valence-corrected chi connectivity index (χ1v) is 4.45. The molecule has 1 heteroatoms. The number of fused-ring (bicyclic) bond motifs is 1. The Balaban J connectivity index is 0.000000845. The summed E-state index contributed by atoms with van der Waals surface area (Å²) in [6.07, 6.45) is 3.47. The van der Waals surface area contributed by atoms with Crippen molar-refractivity contribution in [2.45, 2.75) is 27.2 Å². The van der Waals surface area contributed by atoms with Gasteiger partial charge in [-0.15, -0.1) is 0 Å². The van der Waals surface area contributed by atoms with E-state index in [0.717, 1.165) is 6.42 Å². The van der Waals surface area contributed by atoms with Gasteiger partial charge in [0.25, 0.3) is 0 Å². The zero-order valence-corrected chi connectivity index (χ0v) is 8.94. The second kappa shape index (κ2) is 3.74. The summed E-state index contributed by atoms with van der Waals surface area (Å²) in [7, 11) is 0. The Labute approximate surface area is 93.7 Å². The van der Waals surface area contributed by atoms with Crippen molar-refractivity contribution in [1.82, 2.24) is 0 Å². The Morgan fingerprint density at radius 2 is 1.69 bits per heavy atom. The molecule has 0 heterocycles. The van der Waals surface area contributed by atoms with Crippen molar-refractivity contribution in [3.8, 4) is 0 Å². The number of aryl methyl sites for hydroxylation is 2. The Morgan fingerprint density at radius 1 is 1.08 bits per heavy atom. The Hall–Kier alpha value is -0.443. The van der Waals surface area contributed by atoms with E-state index in [1.54, 1.807) is 0 Å². The van der Waals surface area contributed by atoms with Crippen LogP contribution in [0.3, 0.4) is 0 Å². The van der Waals surface area contributed by atoms with Crippen LogP contribution in [0, 0.1) is 13.8 Å². The van der Waals surface area contributed by atoms with Gasteiger partial charge in [-0.05, 0) is 49.4 Å². The van der Waals surface area contributed by atoms with Gasteiger partial charge in [-0.2, -0.15) is 0 Å². The molecule has 2 rings (SSSR count). The minimum Gasteiger partial charge on any atom is -1.00 e. The van der Waals surface area contributed by atoms with Gasteiger partial charge in [-0.1, -0.05) is 23.8 Å². The third-order valence-corrected chi connectivity index (χ3v) is 2.66. The third-order valence-electron chi connectivity index (χ3n) is 2.66. The number of rotatable bonds is 0. The van der Waals surface area contributed by atoms with Gasteiger partial charge in [0.05, 0.1) is 0 Å². The maximum atomic E-state index is 2.32. The van der Waals surface area contributed by atoms with Gasteiger partial charge >= 0.3 is 18.9 Å². The fourth-order valence-electron chi connectivity index (χ4n) is 1.90. The molecular weight excluding hydrogens is 151 g/mol. The normalized spacial score (nSPS) is 13.3. The van der Waals surface area contributed by atoms with Crippen LogP contribution in [0.1, 0.15) is 30.6 Å². The summed E-state index contributed by atoms with van der Waals surface area (Å²) >= 11 is 0. The van der Waals surface area contributed by atoms with E-state index in [1.807, 2.05) is 0 Å². The Kier molecular flexibility index (Phi) is 3.06. The SMILES string of the molecule is CC1=Cc2c(C)ccc(C)c2C1.[H-].[Li+]. The molecule has 0 saturated carbocycles. The zero-order valence-electron chi connectivity index (χ0n) is 9.94. The number of benzene rings is 1. The van der Waals surface area contributed by atoms with E-state index in [4.69, 9.17) is 0 Å². The van der Waals surface area contributed by atoms with Crippen LogP contribution < -0.4 is 18.9 Å². The van der Waals surface area contributed by atoms with Gasteiger partial charge in [0, 0.05) is 0 Å².